The molecule has 0 atom stereocenters. The van der Waals surface area contributed by atoms with E-state index in [0.717, 1.165) is 51.4 Å². The minimum atomic E-state index is -0.809. The summed E-state index contributed by atoms with van der Waals surface area (Å²) in [5.41, 5.74) is -0.645. The first-order valence-electron chi connectivity index (χ1n) is 33.9. The first kappa shape index (κ1) is 97.7. The van der Waals surface area contributed by atoms with Crippen molar-refractivity contribution in [1.82, 2.24) is 16.0 Å². The molecule has 0 unspecified atom stereocenters. The summed E-state index contributed by atoms with van der Waals surface area (Å²) in [6, 6.07) is 23.8. The number of aliphatic hydroxyl groups excluding tert-OH is 4. The molecule has 9 N–H and O–H groups in total. The van der Waals surface area contributed by atoms with Crippen molar-refractivity contribution in [3.63, 3.8) is 0 Å². The van der Waals surface area contributed by atoms with Crippen molar-refractivity contribution in [2.24, 2.45) is 15.9 Å². The Morgan fingerprint density at radius 2 is 0.823 bits per heavy atom. The van der Waals surface area contributed by atoms with Gasteiger partial charge in [0.05, 0.1) is 38.5 Å². The maximum absolute atomic E-state index is 12.1. The van der Waals surface area contributed by atoms with E-state index < -0.39 is 46.9 Å². The minimum absolute atomic E-state index is 0. The molecule has 3 fully saturated rings. The zero-order chi connectivity index (χ0) is 80.7. The Hall–Kier alpha value is -9.50. The molecule has 0 spiro atoms. The van der Waals surface area contributed by atoms with Gasteiger partial charge in [0.1, 0.15) is 88.4 Å². The summed E-state index contributed by atoms with van der Waals surface area (Å²) in [4.78, 5) is 128. The van der Waals surface area contributed by atoms with Crippen molar-refractivity contribution >= 4 is 86.9 Å². The van der Waals surface area contributed by atoms with Gasteiger partial charge in [-0.15, -0.1) is 0 Å². The summed E-state index contributed by atoms with van der Waals surface area (Å²) in [5.74, 6) is 2.24. The number of cyclic esters (lactones) is 2. The second-order valence-corrected chi connectivity index (χ2v) is 22.8. The van der Waals surface area contributed by atoms with E-state index in [9.17, 15) is 47.9 Å². The van der Waals surface area contributed by atoms with Crippen LogP contribution in [0.2, 0.25) is 0 Å². The molecule has 1 aliphatic heterocycles. The average Bonchev–Trinajstić information content (AvgIpc) is 0.848. The normalized spacial score (nSPS) is 14.6. The van der Waals surface area contributed by atoms with E-state index in [2.05, 4.69) is 52.0 Å². The van der Waals surface area contributed by atoms with Gasteiger partial charge in [-0.05, 0) is 106 Å². The predicted octanol–water partition coefficient (Wildman–Crippen LogP) is -1.15. The Balaban J connectivity index is 0.000000493. The van der Waals surface area contributed by atoms with Crippen molar-refractivity contribution in [3.8, 4) is 46.0 Å². The molecule has 3 amide bonds. The fourth-order valence-corrected chi connectivity index (χ4v) is 9.85. The molecule has 39 nitrogen and oxygen atoms in total. The number of amides is 3. The molecular formula is C72H83K2N5O34. The van der Waals surface area contributed by atoms with E-state index in [1.165, 1.54) is 67.7 Å². The van der Waals surface area contributed by atoms with Crippen molar-refractivity contribution in [2.75, 3.05) is 106 Å². The Bertz CT molecular complexity index is 4470. The number of nitrogens with one attached hydrogen (secondary N) is 3. The molecule has 4 aromatic carbocycles. The van der Waals surface area contributed by atoms with Gasteiger partial charge in [0.15, 0.2) is 52.7 Å². The van der Waals surface area contributed by atoms with E-state index >= 15 is 0 Å². The largest absolute Gasteiger partial charge is 1.00 e. The molecule has 2 aliphatic carbocycles. The summed E-state index contributed by atoms with van der Waals surface area (Å²) in [6.45, 7) is 2.28. The number of fused-ring (bicyclic) bond motifs is 4. The van der Waals surface area contributed by atoms with Crippen LogP contribution in [0.4, 0.5) is 19.2 Å². The number of isocyanates is 2. The van der Waals surface area contributed by atoms with Gasteiger partial charge < -0.3 is 123 Å². The number of hydrogen-bond donors (Lipinski definition) is 9. The third-order valence-corrected chi connectivity index (χ3v) is 15.0. The van der Waals surface area contributed by atoms with Crippen LogP contribution in [-0.2, 0) is 43.0 Å². The maximum atomic E-state index is 12.1. The molecule has 0 bridgehead atoms. The number of aliphatic imine (C=N–C) groups is 2. The molecule has 8 aromatic rings. The van der Waals surface area contributed by atoms with Gasteiger partial charge in [-0.25, -0.2) is 57.9 Å². The SMILES string of the molecule is CNC(=O)OCNC(=O)OCCOc1cc2oc(=O)ccc2cc1OCCOC(=O)NC1CCC(C)CC1.O=C1OCCO1.O=C=NC1CCC(N=C=O)CC1.O=CO[O-].O=c1ccc2cc(O)c(O)cc2o1.O=c1ccc2cc(OCCO)c(OCCO)cc2o1.O=c1ccc2cc(OCCO)c(OCCO)cc2o1.[H-].[K+].[K+]. The van der Waals surface area contributed by atoms with E-state index in [0.29, 0.717) is 80.6 Å². The number of alkyl carbamates (subject to hydrolysis) is 3. The fraction of sp³-hybridized carbons (Fsp3) is 0.403. The zero-order valence-electron chi connectivity index (χ0n) is 62.9. The molecule has 113 heavy (non-hydrogen) atoms. The first-order chi connectivity index (χ1) is 53.7. The van der Waals surface area contributed by atoms with Crippen LogP contribution in [-0.4, -0.2) is 198 Å². The minimum Gasteiger partial charge on any atom is -1.00 e. The molecule has 11 rings (SSSR count). The van der Waals surface area contributed by atoms with Crippen LogP contribution in [0.3, 0.4) is 0 Å². The summed E-state index contributed by atoms with van der Waals surface area (Å²) < 4.78 is 76.2. The second kappa shape index (κ2) is 55.9. The van der Waals surface area contributed by atoms with Crippen molar-refractivity contribution < 1.29 is 248 Å². The van der Waals surface area contributed by atoms with E-state index in [1.54, 1.807) is 48.6 Å². The average molecular weight is 1640 g/mol. The molecule has 3 aliphatic rings. The number of aliphatic hydroxyl groups is 4. The number of carbonyl (C=O) groups is 5. The topological polar surface area (TPSA) is 556 Å². The monoisotopic (exact) mass is 1640 g/mol. The van der Waals surface area contributed by atoms with Crippen LogP contribution in [0.15, 0.2) is 144 Å². The summed E-state index contributed by atoms with van der Waals surface area (Å²) in [6.07, 6.45) is 7.91. The van der Waals surface area contributed by atoms with Gasteiger partial charge in [0.2, 0.25) is 12.2 Å². The van der Waals surface area contributed by atoms with Crippen LogP contribution in [0.1, 0.15) is 59.7 Å². The summed E-state index contributed by atoms with van der Waals surface area (Å²) in [7, 11) is 1.39. The number of phenols is 2. The number of ether oxygens (including phenoxy) is 11. The Morgan fingerprint density at radius 3 is 1.16 bits per heavy atom. The third kappa shape index (κ3) is 37.3. The smallest absolute Gasteiger partial charge is 1.00 e. The number of hydrogen-bond acceptors (Lipinski definition) is 36. The number of phenolic OH excluding ortho intramolecular Hbond substituents is 2. The number of nitrogens with zero attached hydrogens (tertiary/aromatic N) is 2. The number of rotatable bonds is 26. The predicted molar refractivity (Wildman–Crippen MR) is 383 cm³/mol. The molecule has 0 radical (unpaired) electrons. The number of carbonyl (C=O) groups excluding carboxylic acids is 7. The van der Waals surface area contributed by atoms with Gasteiger partial charge >= 0.3 is 150 Å². The van der Waals surface area contributed by atoms with Gasteiger partial charge in [-0.3, -0.25) is 10.1 Å². The summed E-state index contributed by atoms with van der Waals surface area (Å²) >= 11 is 0. The van der Waals surface area contributed by atoms with Crippen LogP contribution in [0.25, 0.3) is 43.9 Å². The zero-order valence-corrected chi connectivity index (χ0v) is 68.1. The van der Waals surface area contributed by atoms with E-state index in [4.69, 9.17) is 96.3 Å². The van der Waals surface area contributed by atoms with Crippen LogP contribution in [0.5, 0.6) is 46.0 Å². The number of benzene rings is 4. The fourth-order valence-electron chi connectivity index (χ4n) is 9.85. The Kier molecular flexibility index (Phi) is 48.3. The van der Waals surface area contributed by atoms with Crippen LogP contribution in [0, 0.1) is 5.92 Å². The Morgan fingerprint density at radius 1 is 0.487 bits per heavy atom. The van der Waals surface area contributed by atoms with Crippen molar-refractivity contribution in [1.29, 1.82) is 0 Å². The molecule has 41 heteroatoms. The molecule has 5 heterocycles. The van der Waals surface area contributed by atoms with Crippen LogP contribution < -0.4 is 175 Å². The van der Waals surface area contributed by atoms with E-state index in [1.807, 2.05) is 0 Å². The van der Waals surface area contributed by atoms with Gasteiger partial charge in [-0.2, -0.15) is 0 Å². The van der Waals surface area contributed by atoms with E-state index in [-0.39, 0.29) is 243 Å². The van der Waals surface area contributed by atoms with Crippen molar-refractivity contribution in [3.05, 3.63) is 139 Å². The molecule has 1 saturated heterocycles. The molecular weight excluding hydrogens is 1560 g/mol. The van der Waals surface area contributed by atoms with Gasteiger partial charge in [0, 0.05) is 83.2 Å². The Labute approximate surface area is 727 Å². The maximum Gasteiger partial charge on any atom is 1.00 e. The van der Waals surface area contributed by atoms with Gasteiger partial charge in [-0.1, -0.05) is 6.92 Å². The quantitative estimate of drug-likeness (QED) is 0.00251. The molecule has 4 aromatic heterocycles. The van der Waals surface area contributed by atoms with Crippen LogP contribution >= 0.6 is 0 Å². The second-order valence-electron chi connectivity index (χ2n) is 22.8. The molecule has 602 valence electrons. The van der Waals surface area contributed by atoms with Crippen molar-refractivity contribution in [2.45, 2.75) is 76.4 Å². The molecule has 2 saturated carbocycles. The third-order valence-electron chi connectivity index (χ3n) is 15.0. The number of aromatic hydroxyl groups is 2. The standard InChI is InChI=1S/C25H33N3O10.2C13H14O6.C9H6O4.C8H10N2O2.C3H4O3.CH2O3.2K.H/c1-16-3-6-18(7-4-16)28-25(32)36-12-10-33-20-13-17-5-8-22(29)38-19(17)14-21(20)34-9-11-35-24(31)27-15-37-23(30)26-2;2*14-3-5-17-11-7-9-1-2-13(16)19-10(9)8-12(11)18-6-4-15;10-6-3-5-1-2-9(12)13-8(5)4-7(6)11;11-5-9-7-1-2-8(4-3-7)10-6-12;4-3-5-1-2-6-3;2-1-4-3;;;/h5,8,13-14,16,18H,3-4,6-7,9-12,15H2,1-2H3,(H,26,30)(H,27,31)(H,28,32);2*1-2,7-8,14-15H,3-6H2;1-4,10-11H;7-8H,1-4H2;1-2H2;1,3H;;;/q;;;;;;;2*+1;-1/p-1. The first-order valence-corrected chi connectivity index (χ1v) is 33.9. The van der Waals surface area contributed by atoms with Gasteiger partial charge in [0.25, 0.3) is 6.47 Å². The summed E-state index contributed by atoms with van der Waals surface area (Å²) in [5, 5.41) is 71.6.